The number of amides is 2. The summed E-state index contributed by atoms with van der Waals surface area (Å²) in [5.41, 5.74) is 7.74. The average Bonchev–Trinajstić information content (AvgIpc) is 3.29. The molecule has 4 rings (SSSR count). The van der Waals surface area contributed by atoms with E-state index in [1.807, 2.05) is 13.8 Å². The molecular formula is C21H24N6O4S2. The van der Waals surface area contributed by atoms with Gasteiger partial charge in [0.15, 0.2) is 5.16 Å². The quantitative estimate of drug-likeness (QED) is 0.246. The van der Waals surface area contributed by atoms with E-state index in [0.717, 1.165) is 0 Å². The highest BCUT2D eigenvalue weighted by Crippen LogP contribution is 2.45. The number of benzene rings is 1. The molecule has 33 heavy (non-hydrogen) atoms. The van der Waals surface area contributed by atoms with Gasteiger partial charge in [-0.2, -0.15) is 5.10 Å². The fraction of sp³-hybridized carbons (Fsp3) is 0.381. The van der Waals surface area contributed by atoms with Crippen LogP contribution < -0.4 is 11.1 Å². The minimum atomic E-state index is -1.16. The lowest BCUT2D eigenvalue weighted by molar-refractivity contribution is -0.150. The Morgan fingerprint density at radius 1 is 1.39 bits per heavy atom. The largest absolute Gasteiger partial charge is 0.477 e. The average molecular weight is 489 g/mol. The normalized spacial score (nSPS) is 20.9. The molecule has 1 aromatic heterocycles. The van der Waals surface area contributed by atoms with Gasteiger partial charge in [-0.25, -0.2) is 9.78 Å². The van der Waals surface area contributed by atoms with Crippen LogP contribution in [0, 0.1) is 5.92 Å². The van der Waals surface area contributed by atoms with Crippen molar-refractivity contribution in [1.29, 1.82) is 0 Å². The number of H-pyrrole nitrogens is 1. The van der Waals surface area contributed by atoms with Crippen molar-refractivity contribution in [2.45, 2.75) is 42.1 Å². The number of β-lactam (4-membered cyclic amide) rings is 1. The monoisotopic (exact) mass is 488 g/mol. The van der Waals surface area contributed by atoms with Gasteiger partial charge >= 0.3 is 5.97 Å². The van der Waals surface area contributed by atoms with E-state index < -0.39 is 23.3 Å². The van der Waals surface area contributed by atoms with Gasteiger partial charge < -0.3 is 16.2 Å². The van der Waals surface area contributed by atoms with Gasteiger partial charge in [0.05, 0.1) is 6.42 Å². The first kappa shape index (κ1) is 23.2. The number of carboxylic acids is 1. The highest BCUT2D eigenvalue weighted by atomic mass is 32.2. The van der Waals surface area contributed by atoms with E-state index in [2.05, 4.69) is 20.5 Å². The summed E-state index contributed by atoms with van der Waals surface area (Å²) < 4.78 is 0. The number of aromatic amines is 1. The molecule has 2 unspecified atom stereocenters. The minimum Gasteiger partial charge on any atom is -0.477 e. The van der Waals surface area contributed by atoms with Crippen LogP contribution in [-0.4, -0.2) is 65.4 Å². The number of nitrogen functional groups attached to an aromatic ring is 1. The number of fused-ring (bicyclic) bond motifs is 1. The van der Waals surface area contributed by atoms with E-state index in [0.29, 0.717) is 27.7 Å². The summed E-state index contributed by atoms with van der Waals surface area (Å²) in [7, 11) is 0. The molecule has 5 N–H and O–H groups in total. The Balaban J connectivity index is 1.52. The van der Waals surface area contributed by atoms with Crippen molar-refractivity contribution in [1.82, 2.24) is 25.4 Å². The second kappa shape index (κ2) is 9.48. The number of hydrogen-bond donors (Lipinski definition) is 4. The standard InChI is InChI=1S/C21H24N6O4S2/c1-10(2)17(33-21-23-9-24-26-21)12-8-32-19-15(18(29)27(19)16(12)20(30)31)25-14(28)7-11-5-3-4-6-13(11)22/h3-6,9-10,15,17,19H,7-8,22H2,1-2H3,(H,25,28)(H,30,31)(H,23,24,26)/t15?,17?,19-/m0/s1. The van der Waals surface area contributed by atoms with E-state index in [4.69, 9.17) is 5.73 Å². The maximum Gasteiger partial charge on any atom is 0.352 e. The highest BCUT2D eigenvalue weighted by molar-refractivity contribution is 8.01. The first-order chi connectivity index (χ1) is 15.8. The second-order valence-electron chi connectivity index (χ2n) is 8.08. The lowest BCUT2D eigenvalue weighted by Crippen LogP contribution is -2.70. The molecule has 10 nitrogen and oxygen atoms in total. The van der Waals surface area contributed by atoms with E-state index in [-0.39, 0.29) is 29.2 Å². The van der Waals surface area contributed by atoms with Crippen LogP contribution >= 0.6 is 23.5 Å². The van der Waals surface area contributed by atoms with E-state index >= 15 is 0 Å². The number of anilines is 1. The summed E-state index contributed by atoms with van der Waals surface area (Å²) >= 11 is 2.84. The Bertz CT molecular complexity index is 1100. The molecule has 2 aliphatic heterocycles. The second-order valence-corrected chi connectivity index (χ2v) is 10.3. The number of carbonyl (C=O) groups excluding carboxylic acids is 2. The Morgan fingerprint density at radius 3 is 2.79 bits per heavy atom. The molecule has 12 heteroatoms. The van der Waals surface area contributed by atoms with Gasteiger partial charge in [0.25, 0.3) is 5.91 Å². The molecule has 1 aromatic carbocycles. The van der Waals surface area contributed by atoms with Crippen LogP contribution in [0.1, 0.15) is 19.4 Å². The van der Waals surface area contributed by atoms with Crippen LogP contribution in [0.2, 0.25) is 0 Å². The topological polar surface area (TPSA) is 154 Å². The van der Waals surface area contributed by atoms with Crippen molar-refractivity contribution < 1.29 is 19.5 Å². The van der Waals surface area contributed by atoms with Crippen molar-refractivity contribution in [2.24, 2.45) is 5.92 Å². The lowest BCUT2D eigenvalue weighted by atomic mass is 9.97. The smallest absolute Gasteiger partial charge is 0.352 e. The number of aliphatic carboxylic acids is 1. The third kappa shape index (κ3) is 4.58. The summed E-state index contributed by atoms with van der Waals surface area (Å²) in [6.07, 6.45) is 1.44. The molecule has 0 saturated carbocycles. The molecule has 0 bridgehead atoms. The molecule has 3 heterocycles. The molecule has 174 valence electrons. The summed E-state index contributed by atoms with van der Waals surface area (Å²) in [6, 6.07) is 6.27. The molecule has 2 amide bonds. The number of nitrogens with one attached hydrogen (secondary N) is 2. The van der Waals surface area contributed by atoms with Crippen LogP contribution in [-0.2, 0) is 20.8 Å². The third-order valence-electron chi connectivity index (χ3n) is 5.50. The van der Waals surface area contributed by atoms with Crippen molar-refractivity contribution in [3.8, 4) is 0 Å². The maximum atomic E-state index is 13.0. The van der Waals surface area contributed by atoms with Gasteiger partial charge in [-0.15, -0.1) is 11.8 Å². The van der Waals surface area contributed by atoms with Crippen molar-refractivity contribution in [2.75, 3.05) is 11.5 Å². The number of carbonyl (C=O) groups is 3. The Labute approximate surface area is 198 Å². The zero-order chi connectivity index (χ0) is 23.7. The van der Waals surface area contributed by atoms with Crippen LogP contribution in [0.5, 0.6) is 0 Å². The van der Waals surface area contributed by atoms with Gasteiger partial charge in [-0.1, -0.05) is 43.8 Å². The minimum absolute atomic E-state index is 0.00716. The first-order valence-corrected chi connectivity index (χ1v) is 12.3. The van der Waals surface area contributed by atoms with Gasteiger partial charge in [0.2, 0.25) is 5.91 Å². The molecular weight excluding hydrogens is 464 g/mol. The molecule has 2 aliphatic rings. The zero-order valence-electron chi connectivity index (χ0n) is 18.0. The number of carboxylic acid groups (broad SMARTS) is 1. The molecule has 0 radical (unpaired) electrons. The SMILES string of the molecule is CC(C)C(Sc1ncn[nH]1)C1=C(C(=O)O)N2C(=O)C(NC(=O)Cc3ccccc3N)[C@@H]2SC1. The van der Waals surface area contributed by atoms with Crippen molar-refractivity contribution >= 4 is 47.0 Å². The number of rotatable bonds is 8. The molecule has 1 saturated heterocycles. The van der Waals surface area contributed by atoms with Gasteiger partial charge in [0, 0.05) is 16.7 Å². The Kier molecular flexibility index (Phi) is 6.66. The zero-order valence-corrected chi connectivity index (χ0v) is 19.7. The van der Waals surface area contributed by atoms with Crippen LogP contribution in [0.3, 0.4) is 0 Å². The number of aromatic nitrogens is 3. The number of thioether (sulfide) groups is 2. The van der Waals surface area contributed by atoms with Crippen LogP contribution in [0.4, 0.5) is 5.69 Å². The number of para-hydroxylation sites is 1. The summed E-state index contributed by atoms with van der Waals surface area (Å²) in [5, 5.41) is 19.3. The Morgan fingerprint density at radius 2 is 2.15 bits per heavy atom. The van der Waals surface area contributed by atoms with Gasteiger partial charge in [-0.3, -0.25) is 19.6 Å². The van der Waals surface area contributed by atoms with Crippen LogP contribution in [0.25, 0.3) is 0 Å². The van der Waals surface area contributed by atoms with E-state index in [1.54, 1.807) is 24.3 Å². The predicted octanol–water partition coefficient (Wildman–Crippen LogP) is 1.48. The maximum absolute atomic E-state index is 13.0. The Hall–Kier alpha value is -2.99. The van der Waals surface area contributed by atoms with Gasteiger partial charge in [-0.05, 0) is 23.1 Å². The molecule has 3 atom stereocenters. The fourth-order valence-electron chi connectivity index (χ4n) is 3.93. The highest BCUT2D eigenvalue weighted by Gasteiger charge is 2.55. The fourth-order valence-corrected chi connectivity index (χ4v) is 6.51. The first-order valence-electron chi connectivity index (χ1n) is 10.3. The summed E-state index contributed by atoms with van der Waals surface area (Å²) in [4.78, 5) is 43.2. The lowest BCUT2D eigenvalue weighted by Gasteiger charge is -2.50. The summed E-state index contributed by atoms with van der Waals surface area (Å²) in [5.74, 6) is -1.40. The summed E-state index contributed by atoms with van der Waals surface area (Å²) in [6.45, 7) is 3.99. The van der Waals surface area contributed by atoms with Crippen LogP contribution in [0.15, 0.2) is 47.0 Å². The predicted molar refractivity (Wildman–Crippen MR) is 125 cm³/mol. The molecule has 0 spiro atoms. The van der Waals surface area contributed by atoms with Crippen molar-refractivity contribution in [3.05, 3.63) is 47.4 Å². The van der Waals surface area contributed by atoms with Gasteiger partial charge in [0.1, 0.15) is 23.4 Å². The molecule has 2 aromatic rings. The third-order valence-corrected chi connectivity index (χ3v) is 8.31. The number of hydrogen-bond acceptors (Lipinski definition) is 8. The van der Waals surface area contributed by atoms with Crippen molar-refractivity contribution in [3.63, 3.8) is 0 Å². The molecule has 1 fully saturated rings. The van der Waals surface area contributed by atoms with E-state index in [1.165, 1.54) is 34.8 Å². The molecule has 0 aliphatic carbocycles. The van der Waals surface area contributed by atoms with E-state index in [9.17, 15) is 19.5 Å². The number of nitrogens with zero attached hydrogens (tertiary/aromatic N) is 3. The number of nitrogens with two attached hydrogens (primary N) is 1.